The summed E-state index contributed by atoms with van der Waals surface area (Å²) in [5.74, 6) is 0.778. The van der Waals surface area contributed by atoms with Crippen LogP contribution in [0.25, 0.3) is 6.08 Å². The van der Waals surface area contributed by atoms with Gasteiger partial charge < -0.3 is 5.32 Å². The number of allylic oxidation sites excluding steroid dienone is 3. The van der Waals surface area contributed by atoms with Crippen LogP contribution in [-0.4, -0.2) is 20.9 Å². The van der Waals surface area contributed by atoms with Gasteiger partial charge in [-0.15, -0.1) is 0 Å². The first kappa shape index (κ1) is 16.3. The molecule has 1 unspecified atom stereocenters. The van der Waals surface area contributed by atoms with Crippen LogP contribution in [0.1, 0.15) is 42.0 Å². The Hall–Kier alpha value is -3.22. The maximum absolute atomic E-state index is 12.6. The van der Waals surface area contributed by atoms with Gasteiger partial charge in [0.05, 0.1) is 4.92 Å². The van der Waals surface area contributed by atoms with Gasteiger partial charge in [0, 0.05) is 47.0 Å². The van der Waals surface area contributed by atoms with Crippen molar-refractivity contribution in [2.24, 2.45) is 0 Å². The number of rotatable bonds is 3. The van der Waals surface area contributed by atoms with Crippen LogP contribution in [0.4, 0.5) is 11.5 Å². The SMILES string of the molecule is Cc1[nH]nc2c1C(/C=C/c1ccc([N+](=O)[O-])cc1)C1=C(CCCC1=O)N2. The van der Waals surface area contributed by atoms with Gasteiger partial charge in [0.25, 0.3) is 5.69 Å². The van der Waals surface area contributed by atoms with Gasteiger partial charge in [0.1, 0.15) is 0 Å². The number of aromatic nitrogens is 2. The molecule has 7 nitrogen and oxygen atoms in total. The predicted octanol–water partition coefficient (Wildman–Crippen LogP) is 3.86. The van der Waals surface area contributed by atoms with Crippen LogP contribution in [0.15, 0.2) is 41.6 Å². The van der Waals surface area contributed by atoms with E-state index in [-0.39, 0.29) is 17.4 Å². The molecule has 0 fully saturated rings. The second-order valence-electron chi connectivity index (χ2n) is 6.59. The number of aromatic amines is 1. The van der Waals surface area contributed by atoms with E-state index in [0.717, 1.165) is 46.8 Å². The molecular weight excluding hydrogens is 332 g/mol. The van der Waals surface area contributed by atoms with Crippen LogP contribution in [0, 0.1) is 17.0 Å². The molecule has 1 aromatic carbocycles. The van der Waals surface area contributed by atoms with Gasteiger partial charge >= 0.3 is 0 Å². The summed E-state index contributed by atoms with van der Waals surface area (Å²) in [6, 6.07) is 6.37. The summed E-state index contributed by atoms with van der Waals surface area (Å²) in [4.78, 5) is 22.9. The molecule has 4 rings (SSSR count). The third kappa shape index (κ3) is 2.71. The van der Waals surface area contributed by atoms with E-state index in [4.69, 9.17) is 0 Å². The summed E-state index contributed by atoms with van der Waals surface area (Å²) in [5, 5.41) is 21.4. The number of nitrogens with one attached hydrogen (secondary N) is 2. The van der Waals surface area contributed by atoms with Crippen LogP contribution in [0.2, 0.25) is 0 Å². The lowest BCUT2D eigenvalue weighted by atomic mass is 9.79. The largest absolute Gasteiger partial charge is 0.342 e. The van der Waals surface area contributed by atoms with Gasteiger partial charge in [0.15, 0.2) is 11.6 Å². The molecule has 1 aliphatic heterocycles. The number of aryl methyl sites for hydroxylation is 1. The second-order valence-corrected chi connectivity index (χ2v) is 6.59. The fourth-order valence-electron chi connectivity index (χ4n) is 3.66. The summed E-state index contributed by atoms with van der Waals surface area (Å²) in [7, 11) is 0. The molecule has 0 spiro atoms. The van der Waals surface area contributed by atoms with E-state index >= 15 is 0 Å². The Morgan fingerprint density at radius 1 is 1.27 bits per heavy atom. The molecule has 1 atom stereocenters. The molecule has 7 heteroatoms. The molecular formula is C19H18N4O3. The maximum atomic E-state index is 12.6. The van der Waals surface area contributed by atoms with Crippen molar-refractivity contribution in [3.63, 3.8) is 0 Å². The smallest absolute Gasteiger partial charge is 0.269 e. The fraction of sp³-hybridized carbons (Fsp3) is 0.263. The lowest BCUT2D eigenvalue weighted by molar-refractivity contribution is -0.384. The number of nitrogens with zero attached hydrogens (tertiary/aromatic N) is 2. The fourth-order valence-corrected chi connectivity index (χ4v) is 3.66. The molecule has 2 aromatic rings. The monoisotopic (exact) mass is 350 g/mol. The first-order valence-corrected chi connectivity index (χ1v) is 8.55. The molecule has 1 aromatic heterocycles. The molecule has 26 heavy (non-hydrogen) atoms. The zero-order valence-corrected chi connectivity index (χ0v) is 14.3. The van der Waals surface area contributed by atoms with Crippen molar-refractivity contribution in [3.8, 4) is 0 Å². The van der Waals surface area contributed by atoms with E-state index in [0.29, 0.717) is 6.42 Å². The Kier molecular flexibility index (Phi) is 3.91. The Labute approximate surface area is 150 Å². The van der Waals surface area contributed by atoms with Gasteiger partial charge in [-0.2, -0.15) is 5.10 Å². The zero-order valence-electron chi connectivity index (χ0n) is 14.3. The number of benzene rings is 1. The lowest BCUT2D eigenvalue weighted by Crippen LogP contribution is -2.25. The Morgan fingerprint density at radius 2 is 2.04 bits per heavy atom. The topological polar surface area (TPSA) is 101 Å². The molecule has 0 radical (unpaired) electrons. The van der Waals surface area contributed by atoms with Crippen LogP contribution in [0.5, 0.6) is 0 Å². The number of Topliss-reactive ketones (excluding diaryl/α,β-unsaturated/α-hetero) is 1. The standard InChI is InChI=1S/C19H18N4O3/c1-11-17-14(10-7-12-5-8-13(9-6-12)23(25)26)18-15(3-2-4-16(18)24)20-19(17)22-21-11/h5-10,14H,2-4H2,1H3,(H2,20,21,22)/b10-7+. The van der Waals surface area contributed by atoms with E-state index in [9.17, 15) is 14.9 Å². The molecule has 2 aliphatic rings. The molecule has 2 N–H and O–H groups in total. The number of fused-ring (bicyclic) bond motifs is 1. The number of hydrogen-bond donors (Lipinski definition) is 2. The highest BCUT2D eigenvalue weighted by molar-refractivity contribution is 6.00. The first-order chi connectivity index (χ1) is 12.5. The van der Waals surface area contributed by atoms with Crippen molar-refractivity contribution in [2.45, 2.75) is 32.1 Å². The quantitative estimate of drug-likeness (QED) is 0.647. The van der Waals surface area contributed by atoms with Crippen molar-refractivity contribution in [1.29, 1.82) is 0 Å². The number of carbonyl (C=O) groups is 1. The minimum absolute atomic E-state index is 0.0597. The molecule has 0 bridgehead atoms. The Morgan fingerprint density at radius 3 is 2.77 bits per heavy atom. The van der Waals surface area contributed by atoms with Crippen LogP contribution in [0.3, 0.4) is 0 Å². The minimum Gasteiger partial charge on any atom is -0.342 e. The van der Waals surface area contributed by atoms with Gasteiger partial charge in [-0.25, -0.2) is 0 Å². The predicted molar refractivity (Wildman–Crippen MR) is 97.7 cm³/mol. The number of H-pyrrole nitrogens is 1. The summed E-state index contributed by atoms with van der Waals surface area (Å²) in [5.41, 5.74) is 4.59. The van der Waals surface area contributed by atoms with Gasteiger partial charge in [-0.3, -0.25) is 20.0 Å². The molecule has 132 valence electrons. The molecule has 0 saturated carbocycles. The van der Waals surface area contributed by atoms with Gasteiger partial charge in [-0.05, 0) is 37.5 Å². The van der Waals surface area contributed by atoms with Crippen molar-refractivity contribution in [2.75, 3.05) is 5.32 Å². The molecule has 0 saturated heterocycles. The highest BCUT2D eigenvalue weighted by atomic mass is 16.6. The normalized spacial score (nSPS) is 19.3. The Bertz CT molecular complexity index is 954. The summed E-state index contributed by atoms with van der Waals surface area (Å²) >= 11 is 0. The number of hydrogen-bond acceptors (Lipinski definition) is 5. The minimum atomic E-state index is -0.417. The Balaban J connectivity index is 1.72. The number of ketones is 1. The number of carbonyl (C=O) groups excluding carboxylic acids is 1. The molecule has 1 aliphatic carbocycles. The third-order valence-corrected chi connectivity index (χ3v) is 4.93. The highest BCUT2D eigenvalue weighted by Crippen LogP contribution is 2.43. The van der Waals surface area contributed by atoms with Gasteiger partial charge in [0.2, 0.25) is 0 Å². The van der Waals surface area contributed by atoms with E-state index in [1.54, 1.807) is 12.1 Å². The van der Waals surface area contributed by atoms with Crippen molar-refractivity contribution < 1.29 is 9.72 Å². The van der Waals surface area contributed by atoms with Crippen molar-refractivity contribution in [3.05, 3.63) is 68.5 Å². The second kappa shape index (κ2) is 6.25. The average molecular weight is 350 g/mol. The van der Waals surface area contributed by atoms with E-state index in [1.807, 2.05) is 19.1 Å². The summed E-state index contributed by atoms with van der Waals surface area (Å²) < 4.78 is 0. The molecule has 0 amide bonds. The van der Waals surface area contributed by atoms with E-state index in [1.165, 1.54) is 12.1 Å². The lowest BCUT2D eigenvalue weighted by Gasteiger charge is -2.30. The number of non-ortho nitro benzene ring substituents is 1. The van der Waals surface area contributed by atoms with Crippen LogP contribution in [-0.2, 0) is 4.79 Å². The van der Waals surface area contributed by atoms with Crippen LogP contribution >= 0.6 is 0 Å². The van der Waals surface area contributed by atoms with E-state index in [2.05, 4.69) is 15.5 Å². The highest BCUT2D eigenvalue weighted by Gasteiger charge is 2.35. The summed E-state index contributed by atoms with van der Waals surface area (Å²) in [6.45, 7) is 1.94. The average Bonchev–Trinajstić information content (AvgIpc) is 3.00. The van der Waals surface area contributed by atoms with Crippen molar-refractivity contribution >= 4 is 23.4 Å². The number of nitro groups is 1. The molecule has 2 heterocycles. The van der Waals surface area contributed by atoms with Crippen LogP contribution < -0.4 is 5.32 Å². The number of nitro benzene ring substituents is 1. The number of anilines is 1. The van der Waals surface area contributed by atoms with E-state index < -0.39 is 4.92 Å². The third-order valence-electron chi connectivity index (χ3n) is 4.93. The van der Waals surface area contributed by atoms with Crippen molar-refractivity contribution in [1.82, 2.24) is 10.2 Å². The zero-order chi connectivity index (χ0) is 18.3. The van der Waals surface area contributed by atoms with Gasteiger partial charge in [-0.1, -0.05) is 12.2 Å². The first-order valence-electron chi connectivity index (χ1n) is 8.55. The summed E-state index contributed by atoms with van der Waals surface area (Å²) in [6.07, 6.45) is 6.15. The maximum Gasteiger partial charge on any atom is 0.269 e.